The molecule has 1 aromatic rings. The van der Waals surface area contributed by atoms with Crippen molar-refractivity contribution < 1.29 is 9.90 Å². The first-order chi connectivity index (χ1) is 11.1. The molecule has 7 heteroatoms. The van der Waals surface area contributed by atoms with Gasteiger partial charge in [-0.15, -0.1) is 0 Å². The summed E-state index contributed by atoms with van der Waals surface area (Å²) in [6, 6.07) is 1.49. The molecule has 7 nitrogen and oxygen atoms in total. The maximum absolute atomic E-state index is 12.3. The summed E-state index contributed by atoms with van der Waals surface area (Å²) >= 11 is 0. The monoisotopic (exact) mass is 321 g/mol. The molecule has 128 valence electrons. The number of likely N-dealkylation sites (N-methyl/N-ethyl adjacent to an activating group) is 1. The van der Waals surface area contributed by atoms with Crippen LogP contribution in [0, 0.1) is 5.92 Å². The van der Waals surface area contributed by atoms with E-state index in [1.54, 1.807) is 18.5 Å². The van der Waals surface area contributed by atoms with Gasteiger partial charge >= 0.3 is 0 Å². The Balaban J connectivity index is 1.76. The molecule has 1 saturated heterocycles. The van der Waals surface area contributed by atoms with Crippen LogP contribution in [0.25, 0.3) is 0 Å². The van der Waals surface area contributed by atoms with Gasteiger partial charge in [0.25, 0.3) is 0 Å². The summed E-state index contributed by atoms with van der Waals surface area (Å²) in [5.41, 5.74) is 0. The topological polar surface area (TPSA) is 81.6 Å². The fraction of sp³-hybridized carbons (Fsp3) is 0.688. The van der Waals surface area contributed by atoms with Crippen LogP contribution in [-0.4, -0.2) is 76.7 Å². The van der Waals surface area contributed by atoms with Crippen LogP contribution in [-0.2, 0) is 4.79 Å². The zero-order valence-electron chi connectivity index (χ0n) is 14.0. The SMILES string of the molecule is C[C@H](C(=O)Nc1ncccn1)N(C)CC1CCN(CCO)CC1. The van der Waals surface area contributed by atoms with Crippen molar-refractivity contribution in [3.8, 4) is 0 Å². The highest BCUT2D eigenvalue weighted by molar-refractivity contribution is 5.92. The number of rotatable bonds is 7. The molecule has 1 aliphatic heterocycles. The third kappa shape index (κ3) is 5.53. The Bertz CT molecular complexity index is 477. The minimum atomic E-state index is -0.228. The third-order valence-electron chi connectivity index (χ3n) is 4.51. The van der Waals surface area contributed by atoms with Gasteiger partial charge < -0.3 is 10.0 Å². The summed E-state index contributed by atoms with van der Waals surface area (Å²) < 4.78 is 0. The Morgan fingerprint density at radius 1 is 1.43 bits per heavy atom. The number of nitrogens with zero attached hydrogens (tertiary/aromatic N) is 4. The molecule has 0 aromatic carbocycles. The average Bonchev–Trinajstić information content (AvgIpc) is 2.57. The molecule has 2 rings (SSSR count). The quantitative estimate of drug-likeness (QED) is 0.758. The summed E-state index contributed by atoms with van der Waals surface area (Å²) in [5, 5.41) is 11.7. The minimum absolute atomic E-state index is 0.0867. The van der Waals surface area contributed by atoms with Gasteiger partial charge in [-0.25, -0.2) is 9.97 Å². The summed E-state index contributed by atoms with van der Waals surface area (Å²) in [4.78, 5) is 24.7. The maximum atomic E-state index is 12.3. The lowest BCUT2D eigenvalue weighted by atomic mass is 9.96. The van der Waals surface area contributed by atoms with E-state index < -0.39 is 0 Å². The first-order valence-corrected chi connectivity index (χ1v) is 8.21. The van der Waals surface area contributed by atoms with Crippen molar-refractivity contribution in [2.75, 3.05) is 45.2 Å². The van der Waals surface area contributed by atoms with Crippen molar-refractivity contribution in [3.05, 3.63) is 18.5 Å². The molecular weight excluding hydrogens is 294 g/mol. The Morgan fingerprint density at radius 3 is 2.70 bits per heavy atom. The molecule has 0 spiro atoms. The lowest BCUT2D eigenvalue weighted by molar-refractivity contribution is -0.120. The standard InChI is InChI=1S/C16H27N5O2/c1-13(15(23)19-16-17-6-3-7-18-16)20(2)12-14-4-8-21(9-5-14)10-11-22/h3,6-7,13-14,22H,4-5,8-12H2,1-2H3,(H,17,18,19,23)/t13-/m1/s1. The predicted octanol–water partition coefficient (Wildman–Crippen LogP) is 0.440. The molecule has 1 aromatic heterocycles. The molecule has 2 N–H and O–H groups in total. The van der Waals surface area contributed by atoms with Crippen molar-refractivity contribution in [2.24, 2.45) is 5.92 Å². The maximum Gasteiger partial charge on any atom is 0.243 e. The highest BCUT2D eigenvalue weighted by Gasteiger charge is 2.24. The molecule has 0 bridgehead atoms. The molecule has 1 fully saturated rings. The molecule has 2 heterocycles. The van der Waals surface area contributed by atoms with Gasteiger partial charge in [-0.3, -0.25) is 15.0 Å². The van der Waals surface area contributed by atoms with E-state index in [-0.39, 0.29) is 18.6 Å². The molecule has 0 radical (unpaired) electrons. The second-order valence-corrected chi connectivity index (χ2v) is 6.19. The predicted molar refractivity (Wildman–Crippen MR) is 89.0 cm³/mol. The fourth-order valence-corrected chi connectivity index (χ4v) is 2.88. The van der Waals surface area contributed by atoms with Crippen molar-refractivity contribution in [3.63, 3.8) is 0 Å². The minimum Gasteiger partial charge on any atom is -0.395 e. The van der Waals surface area contributed by atoms with Crippen LogP contribution in [0.5, 0.6) is 0 Å². The van der Waals surface area contributed by atoms with Gasteiger partial charge in [0.15, 0.2) is 0 Å². The van der Waals surface area contributed by atoms with Crippen molar-refractivity contribution in [2.45, 2.75) is 25.8 Å². The normalized spacial score (nSPS) is 18.1. The number of β-amino-alcohol motifs (C(OH)–C–C–N with tert-alkyl or cyclic N) is 1. The van der Waals surface area contributed by atoms with Gasteiger partial charge in [-0.05, 0) is 51.9 Å². The van der Waals surface area contributed by atoms with Gasteiger partial charge in [-0.2, -0.15) is 0 Å². The number of hydrogen-bond acceptors (Lipinski definition) is 6. The Morgan fingerprint density at radius 2 is 2.09 bits per heavy atom. The van der Waals surface area contributed by atoms with E-state index in [0.29, 0.717) is 11.9 Å². The lowest BCUT2D eigenvalue weighted by Gasteiger charge is -2.34. The van der Waals surface area contributed by atoms with E-state index in [9.17, 15) is 4.79 Å². The van der Waals surface area contributed by atoms with Crippen molar-refractivity contribution in [1.29, 1.82) is 0 Å². The van der Waals surface area contributed by atoms with Crippen LogP contribution in [0.15, 0.2) is 18.5 Å². The molecule has 0 aliphatic carbocycles. The Hall–Kier alpha value is -1.57. The van der Waals surface area contributed by atoms with E-state index in [1.807, 2.05) is 14.0 Å². The van der Waals surface area contributed by atoms with Gasteiger partial charge in [0.2, 0.25) is 11.9 Å². The van der Waals surface area contributed by atoms with E-state index in [0.717, 1.165) is 39.0 Å². The highest BCUT2D eigenvalue weighted by atomic mass is 16.3. The number of nitrogens with one attached hydrogen (secondary N) is 1. The highest BCUT2D eigenvalue weighted by Crippen LogP contribution is 2.18. The van der Waals surface area contributed by atoms with Gasteiger partial charge in [0, 0.05) is 25.5 Å². The van der Waals surface area contributed by atoms with Crippen molar-refractivity contribution >= 4 is 11.9 Å². The van der Waals surface area contributed by atoms with Gasteiger partial charge in [0.1, 0.15) is 0 Å². The van der Waals surface area contributed by atoms with Crippen LogP contribution in [0.3, 0.4) is 0 Å². The number of amides is 1. The Labute approximate surface area is 137 Å². The molecule has 0 unspecified atom stereocenters. The second-order valence-electron chi connectivity index (χ2n) is 6.19. The largest absolute Gasteiger partial charge is 0.395 e. The molecule has 1 aliphatic rings. The smallest absolute Gasteiger partial charge is 0.243 e. The fourth-order valence-electron chi connectivity index (χ4n) is 2.88. The molecule has 23 heavy (non-hydrogen) atoms. The van der Waals surface area contributed by atoms with E-state index in [1.165, 1.54) is 0 Å². The second kappa shape index (κ2) is 8.90. The van der Waals surface area contributed by atoms with Gasteiger partial charge in [0.05, 0.1) is 12.6 Å². The van der Waals surface area contributed by atoms with E-state index in [4.69, 9.17) is 5.11 Å². The van der Waals surface area contributed by atoms with E-state index in [2.05, 4.69) is 25.1 Å². The number of aliphatic hydroxyl groups is 1. The average molecular weight is 321 g/mol. The van der Waals surface area contributed by atoms with Crippen LogP contribution >= 0.6 is 0 Å². The summed E-state index contributed by atoms with van der Waals surface area (Å²) in [5.74, 6) is 0.852. The Kier molecular flexibility index (Phi) is 6.88. The number of likely N-dealkylation sites (tertiary alicyclic amines) is 1. The number of hydrogen-bond donors (Lipinski definition) is 2. The van der Waals surface area contributed by atoms with Crippen LogP contribution in [0.2, 0.25) is 0 Å². The first-order valence-electron chi connectivity index (χ1n) is 8.21. The van der Waals surface area contributed by atoms with Crippen LogP contribution in [0.4, 0.5) is 5.95 Å². The zero-order chi connectivity index (χ0) is 16.7. The molecule has 1 amide bonds. The zero-order valence-corrected chi connectivity index (χ0v) is 14.0. The number of carbonyl (C=O) groups is 1. The lowest BCUT2D eigenvalue weighted by Crippen LogP contribution is -2.44. The summed E-state index contributed by atoms with van der Waals surface area (Å²) in [6.45, 7) is 5.84. The summed E-state index contributed by atoms with van der Waals surface area (Å²) in [6.07, 6.45) is 5.44. The van der Waals surface area contributed by atoms with Crippen LogP contribution in [0.1, 0.15) is 19.8 Å². The van der Waals surface area contributed by atoms with Crippen LogP contribution < -0.4 is 5.32 Å². The third-order valence-corrected chi connectivity index (χ3v) is 4.51. The molecule has 1 atom stereocenters. The van der Waals surface area contributed by atoms with Crippen molar-refractivity contribution in [1.82, 2.24) is 19.8 Å². The number of anilines is 1. The van der Waals surface area contributed by atoms with E-state index >= 15 is 0 Å². The number of aliphatic hydroxyl groups excluding tert-OH is 1. The number of piperidine rings is 1. The summed E-state index contributed by atoms with van der Waals surface area (Å²) in [7, 11) is 1.98. The molecule has 0 saturated carbocycles. The molecular formula is C16H27N5O2. The van der Waals surface area contributed by atoms with Gasteiger partial charge in [-0.1, -0.05) is 0 Å². The number of aromatic nitrogens is 2. The first kappa shape index (κ1) is 17.8. The number of carbonyl (C=O) groups excluding carboxylic acids is 1.